The molecule has 0 aliphatic rings. The molecule has 0 aliphatic heterocycles. The summed E-state index contributed by atoms with van der Waals surface area (Å²) in [5, 5.41) is 8.35. The second kappa shape index (κ2) is 7.56. The lowest BCUT2D eigenvalue weighted by molar-refractivity contribution is 0.102. The average Bonchev–Trinajstić information content (AvgIpc) is 2.61. The van der Waals surface area contributed by atoms with Gasteiger partial charge in [-0.25, -0.2) is 23.5 Å². The molecule has 0 radical (unpaired) electrons. The van der Waals surface area contributed by atoms with Crippen LogP contribution >= 0.6 is 0 Å². The number of nitrogens with one attached hydrogen (secondary N) is 3. The van der Waals surface area contributed by atoms with E-state index in [-0.39, 0.29) is 16.4 Å². The Morgan fingerprint density at radius 3 is 2.36 bits per heavy atom. The van der Waals surface area contributed by atoms with Gasteiger partial charge in [0.15, 0.2) is 0 Å². The number of anilines is 2. The molecule has 2 aromatic heterocycles. The summed E-state index contributed by atoms with van der Waals surface area (Å²) in [5.41, 5.74) is 0.602. The lowest BCUT2D eigenvalue weighted by Gasteiger charge is -2.09. The molecule has 3 N–H and O–H groups in total. The van der Waals surface area contributed by atoms with Crippen LogP contribution in [0.1, 0.15) is 22.0 Å². The van der Waals surface area contributed by atoms with Crippen molar-refractivity contribution in [1.82, 2.24) is 20.2 Å². The van der Waals surface area contributed by atoms with Crippen molar-refractivity contribution < 1.29 is 13.2 Å². The lowest BCUT2D eigenvalue weighted by atomic mass is 10.3. The number of nitrogens with zero attached hydrogens (tertiary/aromatic N) is 3. The Labute approximate surface area is 160 Å². The summed E-state index contributed by atoms with van der Waals surface area (Å²) in [4.78, 5) is 31.2. The SMILES string of the molecule is Cc1cc(NS(=O)(=O)c2ccc(NC(=O)c3ccc(=O)[nH]n3)cc2)nc(C)n1. The molecule has 0 fully saturated rings. The summed E-state index contributed by atoms with van der Waals surface area (Å²) in [6.07, 6.45) is 0. The van der Waals surface area contributed by atoms with Gasteiger partial charge in [-0.05, 0) is 44.2 Å². The normalized spacial score (nSPS) is 11.1. The number of carbonyl (C=O) groups is 1. The van der Waals surface area contributed by atoms with Crippen molar-refractivity contribution in [3.8, 4) is 0 Å². The first-order valence-electron chi connectivity index (χ1n) is 8.05. The second-order valence-corrected chi connectivity index (χ2v) is 7.51. The molecule has 1 aromatic carbocycles. The van der Waals surface area contributed by atoms with Crippen LogP contribution in [0.5, 0.6) is 0 Å². The number of carbonyl (C=O) groups excluding carboxylic acids is 1. The van der Waals surface area contributed by atoms with Crippen LogP contribution in [0.4, 0.5) is 11.5 Å². The van der Waals surface area contributed by atoms with Gasteiger partial charge in [-0.2, -0.15) is 5.10 Å². The third-order valence-electron chi connectivity index (χ3n) is 3.54. The Hall–Kier alpha value is -3.60. The molecule has 28 heavy (non-hydrogen) atoms. The highest BCUT2D eigenvalue weighted by molar-refractivity contribution is 7.92. The lowest BCUT2D eigenvalue weighted by Crippen LogP contribution is -2.18. The summed E-state index contributed by atoms with van der Waals surface area (Å²) in [5.74, 6) is 0.0788. The summed E-state index contributed by atoms with van der Waals surface area (Å²) >= 11 is 0. The molecule has 3 aromatic rings. The van der Waals surface area contributed by atoms with E-state index >= 15 is 0 Å². The monoisotopic (exact) mass is 400 g/mol. The van der Waals surface area contributed by atoms with E-state index in [9.17, 15) is 18.0 Å². The minimum Gasteiger partial charge on any atom is -0.321 e. The van der Waals surface area contributed by atoms with Crippen molar-refractivity contribution in [1.29, 1.82) is 0 Å². The summed E-state index contributed by atoms with van der Waals surface area (Å²) in [6, 6.07) is 9.56. The first kappa shape index (κ1) is 19.2. The Bertz CT molecular complexity index is 1150. The van der Waals surface area contributed by atoms with E-state index in [1.807, 2.05) is 0 Å². The van der Waals surface area contributed by atoms with Crippen molar-refractivity contribution in [2.45, 2.75) is 18.7 Å². The zero-order valence-corrected chi connectivity index (χ0v) is 15.7. The Morgan fingerprint density at radius 2 is 1.75 bits per heavy atom. The van der Waals surface area contributed by atoms with Gasteiger partial charge in [-0.3, -0.25) is 14.3 Å². The van der Waals surface area contributed by atoms with Crippen molar-refractivity contribution >= 4 is 27.4 Å². The average molecular weight is 400 g/mol. The third-order valence-corrected chi connectivity index (χ3v) is 4.91. The van der Waals surface area contributed by atoms with Gasteiger partial charge in [0.1, 0.15) is 17.3 Å². The number of H-pyrrole nitrogens is 1. The molecule has 0 saturated carbocycles. The zero-order valence-electron chi connectivity index (χ0n) is 14.9. The fourth-order valence-electron chi connectivity index (χ4n) is 2.35. The van der Waals surface area contributed by atoms with Gasteiger partial charge in [0.25, 0.3) is 21.5 Å². The van der Waals surface area contributed by atoms with Crippen molar-refractivity contribution in [2.75, 3.05) is 10.0 Å². The van der Waals surface area contributed by atoms with Gasteiger partial charge in [0.2, 0.25) is 0 Å². The van der Waals surface area contributed by atoms with Crippen LogP contribution in [0, 0.1) is 13.8 Å². The van der Waals surface area contributed by atoms with E-state index in [2.05, 4.69) is 30.2 Å². The van der Waals surface area contributed by atoms with Crippen LogP contribution in [0.2, 0.25) is 0 Å². The van der Waals surface area contributed by atoms with Crippen LogP contribution < -0.4 is 15.6 Å². The van der Waals surface area contributed by atoms with Crippen LogP contribution in [-0.2, 0) is 10.0 Å². The second-order valence-electron chi connectivity index (χ2n) is 5.83. The number of rotatable bonds is 5. The number of amides is 1. The summed E-state index contributed by atoms with van der Waals surface area (Å²) in [6.45, 7) is 3.40. The summed E-state index contributed by atoms with van der Waals surface area (Å²) < 4.78 is 27.4. The molecule has 10 nitrogen and oxygen atoms in total. The first-order valence-corrected chi connectivity index (χ1v) is 9.53. The van der Waals surface area contributed by atoms with Gasteiger partial charge in [0, 0.05) is 23.5 Å². The Balaban J connectivity index is 1.74. The van der Waals surface area contributed by atoms with E-state index in [1.165, 1.54) is 42.5 Å². The molecular weight excluding hydrogens is 384 g/mol. The van der Waals surface area contributed by atoms with Crippen molar-refractivity contribution in [3.05, 3.63) is 70.0 Å². The predicted molar refractivity (Wildman–Crippen MR) is 102 cm³/mol. The molecule has 0 spiro atoms. The molecule has 3 rings (SSSR count). The number of aryl methyl sites for hydroxylation is 2. The maximum absolute atomic E-state index is 12.5. The van der Waals surface area contributed by atoms with Crippen LogP contribution in [0.15, 0.2) is 52.2 Å². The van der Waals surface area contributed by atoms with E-state index in [0.717, 1.165) is 0 Å². The Morgan fingerprint density at radius 1 is 1.04 bits per heavy atom. The van der Waals surface area contributed by atoms with E-state index in [1.54, 1.807) is 13.8 Å². The van der Waals surface area contributed by atoms with Crippen LogP contribution in [0.3, 0.4) is 0 Å². The van der Waals surface area contributed by atoms with Crippen molar-refractivity contribution in [3.63, 3.8) is 0 Å². The zero-order chi connectivity index (χ0) is 20.3. The van der Waals surface area contributed by atoms with E-state index < -0.39 is 21.5 Å². The number of hydrogen-bond donors (Lipinski definition) is 3. The molecule has 0 bridgehead atoms. The largest absolute Gasteiger partial charge is 0.321 e. The number of benzene rings is 1. The van der Waals surface area contributed by atoms with Gasteiger partial charge in [-0.1, -0.05) is 0 Å². The standard InChI is InChI=1S/C17H16N6O4S/c1-10-9-15(19-11(2)18-10)23-28(26,27)13-5-3-12(4-6-13)20-17(25)14-7-8-16(24)22-21-14/h3-9H,1-2H3,(H,20,25)(H,22,24)(H,18,19,23). The molecule has 1 amide bonds. The van der Waals surface area contributed by atoms with Crippen molar-refractivity contribution in [2.24, 2.45) is 0 Å². The smallest absolute Gasteiger partial charge is 0.276 e. The molecule has 0 unspecified atom stereocenters. The summed E-state index contributed by atoms with van der Waals surface area (Å²) in [7, 11) is -3.85. The first-order chi connectivity index (χ1) is 13.2. The quantitative estimate of drug-likeness (QED) is 0.583. The van der Waals surface area contributed by atoms with E-state index in [4.69, 9.17) is 0 Å². The fraction of sp³-hybridized carbons (Fsp3) is 0.118. The molecule has 11 heteroatoms. The van der Waals surface area contributed by atoms with E-state index in [0.29, 0.717) is 17.2 Å². The Kier molecular flexibility index (Phi) is 5.18. The minimum atomic E-state index is -3.85. The number of aromatic amines is 1. The maximum Gasteiger partial charge on any atom is 0.276 e. The number of aromatic nitrogens is 4. The highest BCUT2D eigenvalue weighted by Gasteiger charge is 2.16. The van der Waals surface area contributed by atoms with Crippen LogP contribution in [0.25, 0.3) is 0 Å². The molecular formula is C17H16N6O4S. The minimum absolute atomic E-state index is 0.00147. The van der Waals surface area contributed by atoms with Gasteiger partial charge in [-0.15, -0.1) is 0 Å². The molecule has 0 atom stereocenters. The molecule has 144 valence electrons. The van der Waals surface area contributed by atoms with Crippen LogP contribution in [-0.4, -0.2) is 34.5 Å². The molecule has 2 heterocycles. The van der Waals surface area contributed by atoms with Gasteiger partial charge in [0.05, 0.1) is 4.90 Å². The van der Waals surface area contributed by atoms with Gasteiger partial charge >= 0.3 is 0 Å². The number of hydrogen-bond acceptors (Lipinski definition) is 7. The maximum atomic E-state index is 12.5. The highest BCUT2D eigenvalue weighted by Crippen LogP contribution is 2.18. The molecule has 0 aliphatic carbocycles. The highest BCUT2D eigenvalue weighted by atomic mass is 32.2. The molecule has 0 saturated heterocycles. The topological polar surface area (TPSA) is 147 Å². The predicted octanol–water partition coefficient (Wildman–Crippen LogP) is 1.23. The van der Waals surface area contributed by atoms with Gasteiger partial charge < -0.3 is 5.32 Å². The number of sulfonamides is 1. The fourth-order valence-corrected chi connectivity index (χ4v) is 3.34. The third kappa shape index (κ3) is 4.57.